The molecule has 0 radical (unpaired) electrons. The first-order chi connectivity index (χ1) is 14.1. The van der Waals surface area contributed by atoms with Crippen molar-refractivity contribution in [2.75, 3.05) is 18.8 Å². The summed E-state index contributed by atoms with van der Waals surface area (Å²) in [4.78, 5) is 32.1. The van der Waals surface area contributed by atoms with Crippen LogP contribution >= 0.6 is 11.8 Å². The van der Waals surface area contributed by atoms with Gasteiger partial charge in [0.2, 0.25) is 5.91 Å². The number of amides is 1. The van der Waals surface area contributed by atoms with Crippen molar-refractivity contribution in [3.05, 3.63) is 58.0 Å². The number of fused-ring (bicyclic) bond motifs is 1. The summed E-state index contributed by atoms with van der Waals surface area (Å²) in [6.07, 6.45) is 5.40. The summed E-state index contributed by atoms with van der Waals surface area (Å²) in [6, 6.07) is 12.2. The summed E-state index contributed by atoms with van der Waals surface area (Å²) < 4.78 is 1.74. The standard InChI is InChI=1S/C23H29N3O2S/c1-2-6-19-14-22(28)26-20(16-29-23(26)24-19)15-21(27)25-11-9-18(10-12-25)13-17-7-4-3-5-8-17/h3-5,7-8,14,18,20H,2,6,9-13,15-16H2,1H3. The summed E-state index contributed by atoms with van der Waals surface area (Å²) in [6.45, 7) is 3.74. The number of hydrogen-bond acceptors (Lipinski definition) is 4. The molecule has 5 nitrogen and oxygen atoms in total. The zero-order valence-corrected chi connectivity index (χ0v) is 17.9. The SMILES string of the molecule is CCCc1cc(=O)n2c(n1)SCC2CC(=O)N1CCC(Cc2ccccc2)CC1. The molecule has 0 N–H and O–H groups in total. The van der Waals surface area contributed by atoms with Crippen LogP contribution in [-0.4, -0.2) is 39.2 Å². The molecule has 1 saturated heterocycles. The molecule has 154 valence electrons. The predicted molar refractivity (Wildman–Crippen MR) is 116 cm³/mol. The summed E-state index contributed by atoms with van der Waals surface area (Å²) in [5, 5.41) is 0.778. The second-order valence-electron chi connectivity index (χ2n) is 8.17. The maximum atomic E-state index is 12.9. The first-order valence-corrected chi connectivity index (χ1v) is 11.7. The van der Waals surface area contributed by atoms with E-state index in [2.05, 4.69) is 42.2 Å². The highest BCUT2D eigenvalue weighted by molar-refractivity contribution is 7.99. The molecule has 4 rings (SSSR count). The highest BCUT2D eigenvalue weighted by atomic mass is 32.2. The molecule has 2 aromatic rings. The van der Waals surface area contributed by atoms with Gasteiger partial charge >= 0.3 is 0 Å². The summed E-state index contributed by atoms with van der Waals surface area (Å²) >= 11 is 1.60. The molecule has 1 unspecified atom stereocenters. The van der Waals surface area contributed by atoms with E-state index in [1.54, 1.807) is 22.4 Å². The Morgan fingerprint density at radius 1 is 1.21 bits per heavy atom. The second-order valence-corrected chi connectivity index (χ2v) is 9.16. The van der Waals surface area contributed by atoms with Gasteiger partial charge in [-0.3, -0.25) is 14.2 Å². The molecular formula is C23H29N3O2S. The number of thioether (sulfide) groups is 1. The Morgan fingerprint density at radius 3 is 2.69 bits per heavy atom. The average Bonchev–Trinajstić information content (AvgIpc) is 3.12. The van der Waals surface area contributed by atoms with Gasteiger partial charge in [0.05, 0.1) is 6.04 Å². The van der Waals surface area contributed by atoms with Crippen LogP contribution in [-0.2, 0) is 17.6 Å². The minimum Gasteiger partial charge on any atom is -0.343 e. The minimum absolute atomic E-state index is 0.0113. The third kappa shape index (κ3) is 4.74. The lowest BCUT2D eigenvalue weighted by Crippen LogP contribution is -2.40. The molecule has 0 aliphatic carbocycles. The van der Waals surface area contributed by atoms with Gasteiger partial charge in [0.25, 0.3) is 5.56 Å². The van der Waals surface area contributed by atoms with Crippen molar-refractivity contribution in [1.29, 1.82) is 0 Å². The van der Waals surface area contributed by atoms with Crippen molar-refractivity contribution in [1.82, 2.24) is 14.5 Å². The van der Waals surface area contributed by atoms with Crippen molar-refractivity contribution in [2.24, 2.45) is 5.92 Å². The van der Waals surface area contributed by atoms with Gasteiger partial charge in [-0.2, -0.15) is 0 Å². The number of aryl methyl sites for hydroxylation is 1. The lowest BCUT2D eigenvalue weighted by atomic mass is 9.90. The molecule has 6 heteroatoms. The second kappa shape index (κ2) is 9.16. The van der Waals surface area contributed by atoms with E-state index in [4.69, 9.17) is 0 Å². The fraction of sp³-hybridized carbons (Fsp3) is 0.522. The van der Waals surface area contributed by atoms with Crippen molar-refractivity contribution in [3.63, 3.8) is 0 Å². The highest BCUT2D eigenvalue weighted by Gasteiger charge is 2.30. The van der Waals surface area contributed by atoms with E-state index in [0.717, 1.165) is 61.8 Å². The maximum Gasteiger partial charge on any atom is 0.254 e. The van der Waals surface area contributed by atoms with Gasteiger partial charge in [0, 0.05) is 37.0 Å². The topological polar surface area (TPSA) is 55.2 Å². The number of rotatable bonds is 6. The van der Waals surface area contributed by atoms with Crippen LogP contribution < -0.4 is 5.56 Å². The van der Waals surface area contributed by atoms with E-state index in [9.17, 15) is 9.59 Å². The van der Waals surface area contributed by atoms with Crippen LogP contribution in [0.1, 0.15) is 49.9 Å². The normalized spacial score (nSPS) is 19.3. The van der Waals surface area contributed by atoms with Gasteiger partial charge in [-0.15, -0.1) is 0 Å². The molecule has 2 aliphatic rings. The van der Waals surface area contributed by atoms with Gasteiger partial charge in [-0.1, -0.05) is 55.4 Å². The van der Waals surface area contributed by atoms with E-state index in [1.165, 1.54) is 5.56 Å². The van der Waals surface area contributed by atoms with Crippen molar-refractivity contribution in [2.45, 2.75) is 56.6 Å². The number of carbonyl (C=O) groups excluding carboxylic acids is 1. The third-order valence-corrected chi connectivity index (χ3v) is 7.09. The first-order valence-electron chi connectivity index (χ1n) is 10.7. The fourth-order valence-corrected chi connectivity index (χ4v) is 5.57. The number of hydrogen-bond donors (Lipinski definition) is 0. The Balaban J connectivity index is 1.33. The van der Waals surface area contributed by atoms with Gasteiger partial charge in [0.1, 0.15) is 0 Å². The summed E-state index contributed by atoms with van der Waals surface area (Å²) in [5.74, 6) is 1.58. The van der Waals surface area contributed by atoms with E-state index >= 15 is 0 Å². The van der Waals surface area contributed by atoms with Crippen molar-refractivity contribution in [3.8, 4) is 0 Å². The molecule has 29 heavy (non-hydrogen) atoms. The van der Waals surface area contributed by atoms with Crippen LogP contribution in [0, 0.1) is 5.92 Å². The van der Waals surface area contributed by atoms with Crippen LogP contribution in [0.25, 0.3) is 0 Å². The van der Waals surface area contributed by atoms with Crippen LogP contribution in [0.15, 0.2) is 46.3 Å². The third-order valence-electron chi connectivity index (χ3n) is 5.99. The molecule has 0 bridgehead atoms. The molecule has 2 aliphatic heterocycles. The smallest absolute Gasteiger partial charge is 0.254 e. The Labute approximate surface area is 176 Å². The van der Waals surface area contributed by atoms with Crippen molar-refractivity contribution < 1.29 is 4.79 Å². The van der Waals surface area contributed by atoms with E-state index in [-0.39, 0.29) is 17.5 Å². The van der Waals surface area contributed by atoms with E-state index in [0.29, 0.717) is 12.3 Å². The molecule has 1 aromatic heterocycles. The van der Waals surface area contributed by atoms with Gasteiger partial charge < -0.3 is 4.90 Å². The molecular weight excluding hydrogens is 382 g/mol. The zero-order chi connectivity index (χ0) is 20.2. The zero-order valence-electron chi connectivity index (χ0n) is 17.0. The number of nitrogens with zero attached hydrogens (tertiary/aromatic N) is 3. The molecule has 0 spiro atoms. The summed E-state index contributed by atoms with van der Waals surface area (Å²) in [5.41, 5.74) is 2.23. The largest absolute Gasteiger partial charge is 0.343 e. The fourth-order valence-electron chi connectivity index (χ4n) is 4.40. The van der Waals surface area contributed by atoms with Gasteiger partial charge in [0.15, 0.2) is 5.16 Å². The number of benzene rings is 1. The Bertz CT molecular complexity index is 904. The van der Waals surface area contributed by atoms with Crippen LogP contribution in [0.2, 0.25) is 0 Å². The number of likely N-dealkylation sites (tertiary alicyclic amines) is 1. The minimum atomic E-state index is -0.0692. The molecule has 3 heterocycles. The number of aromatic nitrogens is 2. The Kier molecular flexibility index (Phi) is 6.38. The molecule has 1 aromatic carbocycles. The maximum absolute atomic E-state index is 12.9. The van der Waals surface area contributed by atoms with Crippen LogP contribution in [0.3, 0.4) is 0 Å². The van der Waals surface area contributed by atoms with E-state index in [1.807, 2.05) is 4.90 Å². The van der Waals surface area contributed by atoms with Gasteiger partial charge in [-0.25, -0.2) is 4.98 Å². The first kappa shape index (κ1) is 20.2. The number of piperidine rings is 1. The van der Waals surface area contributed by atoms with Crippen LogP contribution in [0.5, 0.6) is 0 Å². The average molecular weight is 412 g/mol. The highest BCUT2D eigenvalue weighted by Crippen LogP contribution is 2.33. The molecule has 1 atom stereocenters. The lowest BCUT2D eigenvalue weighted by molar-refractivity contribution is -0.133. The lowest BCUT2D eigenvalue weighted by Gasteiger charge is -2.33. The molecule has 1 amide bonds. The van der Waals surface area contributed by atoms with Gasteiger partial charge in [-0.05, 0) is 37.2 Å². The predicted octanol–water partition coefficient (Wildman–Crippen LogP) is 3.71. The summed E-state index contributed by atoms with van der Waals surface area (Å²) in [7, 11) is 0. The molecule has 0 saturated carbocycles. The number of carbonyl (C=O) groups is 1. The monoisotopic (exact) mass is 411 g/mol. The Hall–Kier alpha value is -2.08. The quantitative estimate of drug-likeness (QED) is 0.680. The molecule has 1 fully saturated rings. The van der Waals surface area contributed by atoms with Crippen molar-refractivity contribution >= 4 is 17.7 Å². The van der Waals surface area contributed by atoms with E-state index < -0.39 is 0 Å². The van der Waals surface area contributed by atoms with Crippen LogP contribution in [0.4, 0.5) is 0 Å². The Morgan fingerprint density at radius 2 is 1.97 bits per heavy atom.